The maximum atomic E-state index is 12.9. The second kappa shape index (κ2) is 6.47. The van der Waals surface area contributed by atoms with Gasteiger partial charge in [-0.2, -0.15) is 5.10 Å². The number of carbonyl (C=O) groups is 1. The number of ether oxygens (including phenoxy) is 1. The van der Waals surface area contributed by atoms with E-state index in [0.717, 1.165) is 42.2 Å². The normalized spacial score (nSPS) is 17.0. The summed E-state index contributed by atoms with van der Waals surface area (Å²) in [6, 6.07) is 13.2. The van der Waals surface area contributed by atoms with Crippen LogP contribution in [0.5, 0.6) is 5.75 Å². The number of furan rings is 1. The molecule has 1 fully saturated rings. The van der Waals surface area contributed by atoms with E-state index in [9.17, 15) is 4.79 Å². The molecule has 6 nitrogen and oxygen atoms in total. The Labute approximate surface area is 145 Å². The van der Waals surface area contributed by atoms with Crippen LogP contribution in [0.2, 0.25) is 0 Å². The fourth-order valence-corrected chi connectivity index (χ4v) is 3.28. The number of hydrogen-bond acceptors (Lipinski definition) is 4. The smallest absolute Gasteiger partial charge is 0.272 e. The molecule has 1 N–H and O–H groups in total. The molecule has 0 spiro atoms. The van der Waals surface area contributed by atoms with E-state index in [4.69, 9.17) is 9.15 Å². The van der Waals surface area contributed by atoms with Crippen LogP contribution in [0, 0.1) is 0 Å². The lowest BCUT2D eigenvalue weighted by Crippen LogP contribution is -2.30. The monoisotopic (exact) mass is 337 g/mol. The zero-order valence-electron chi connectivity index (χ0n) is 13.9. The first-order valence-corrected chi connectivity index (χ1v) is 8.30. The molecule has 25 heavy (non-hydrogen) atoms. The predicted molar refractivity (Wildman–Crippen MR) is 92.3 cm³/mol. The van der Waals surface area contributed by atoms with Crippen molar-refractivity contribution in [1.82, 2.24) is 15.1 Å². The minimum Gasteiger partial charge on any atom is -0.497 e. The quantitative estimate of drug-likeness (QED) is 0.789. The Morgan fingerprint density at radius 3 is 2.88 bits per heavy atom. The Balaban J connectivity index is 1.55. The fraction of sp³-hybridized carbons (Fsp3) is 0.263. The van der Waals surface area contributed by atoms with Gasteiger partial charge in [-0.05, 0) is 55.3 Å². The van der Waals surface area contributed by atoms with Crippen molar-refractivity contribution in [2.45, 2.75) is 18.9 Å². The second-order valence-electron chi connectivity index (χ2n) is 6.07. The number of rotatable bonds is 4. The van der Waals surface area contributed by atoms with Gasteiger partial charge in [-0.15, -0.1) is 0 Å². The van der Waals surface area contributed by atoms with Crippen LogP contribution in [-0.4, -0.2) is 34.7 Å². The Morgan fingerprint density at radius 1 is 1.32 bits per heavy atom. The number of nitrogens with one attached hydrogen (secondary N) is 1. The summed E-state index contributed by atoms with van der Waals surface area (Å²) in [7, 11) is 1.63. The first-order valence-electron chi connectivity index (χ1n) is 8.30. The van der Waals surface area contributed by atoms with Gasteiger partial charge in [0.05, 0.1) is 25.1 Å². The Kier molecular flexibility index (Phi) is 4.01. The molecule has 1 atom stereocenters. The third-order valence-corrected chi connectivity index (χ3v) is 4.58. The standard InChI is InChI=1S/C19H19N3O3/c1-24-14-8-6-13(7-9-14)15-12-16(21-20-15)19(23)22-10-2-4-17(22)18-5-3-11-25-18/h3,5-9,11-12,17H,2,4,10H2,1H3,(H,20,21). The van der Waals surface area contributed by atoms with Crippen LogP contribution in [0.25, 0.3) is 11.3 Å². The topological polar surface area (TPSA) is 71.4 Å². The van der Waals surface area contributed by atoms with Gasteiger partial charge >= 0.3 is 0 Å². The summed E-state index contributed by atoms with van der Waals surface area (Å²) in [4.78, 5) is 14.7. The average Bonchev–Trinajstić information content (AvgIpc) is 3.42. The number of aromatic amines is 1. The SMILES string of the molecule is COc1ccc(-c2cc(C(=O)N3CCCC3c3ccco3)[nH]n2)cc1. The predicted octanol–water partition coefficient (Wildman–Crippen LogP) is 3.66. The highest BCUT2D eigenvalue weighted by molar-refractivity contribution is 5.93. The zero-order chi connectivity index (χ0) is 17.2. The highest BCUT2D eigenvalue weighted by Gasteiger charge is 2.33. The van der Waals surface area contributed by atoms with Crippen molar-refractivity contribution in [2.24, 2.45) is 0 Å². The molecule has 1 aliphatic heterocycles. The third kappa shape index (κ3) is 2.91. The van der Waals surface area contributed by atoms with E-state index >= 15 is 0 Å². The molecule has 3 heterocycles. The molecule has 4 rings (SSSR count). The molecule has 1 saturated heterocycles. The van der Waals surface area contributed by atoms with Crippen LogP contribution < -0.4 is 4.74 Å². The van der Waals surface area contributed by atoms with Gasteiger partial charge in [0.1, 0.15) is 17.2 Å². The Bertz CT molecular complexity index is 852. The third-order valence-electron chi connectivity index (χ3n) is 4.58. The minimum absolute atomic E-state index is 0.00441. The molecule has 2 aromatic heterocycles. The Hall–Kier alpha value is -3.02. The molecule has 1 aromatic carbocycles. The average molecular weight is 337 g/mol. The van der Waals surface area contributed by atoms with Gasteiger partial charge in [0, 0.05) is 12.1 Å². The number of methoxy groups -OCH3 is 1. The maximum Gasteiger partial charge on any atom is 0.272 e. The van der Waals surface area contributed by atoms with Crippen molar-refractivity contribution < 1.29 is 13.9 Å². The summed E-state index contributed by atoms with van der Waals surface area (Å²) in [6.07, 6.45) is 3.53. The summed E-state index contributed by atoms with van der Waals surface area (Å²) in [6.45, 7) is 0.723. The second-order valence-corrected chi connectivity index (χ2v) is 6.07. The van der Waals surface area contributed by atoms with E-state index in [1.165, 1.54) is 0 Å². The van der Waals surface area contributed by atoms with E-state index in [-0.39, 0.29) is 11.9 Å². The molecule has 1 unspecified atom stereocenters. The molecule has 0 saturated carbocycles. The van der Waals surface area contributed by atoms with Crippen LogP contribution in [0.1, 0.15) is 35.1 Å². The van der Waals surface area contributed by atoms with E-state index in [1.54, 1.807) is 19.4 Å². The molecule has 1 amide bonds. The van der Waals surface area contributed by atoms with Crippen molar-refractivity contribution in [2.75, 3.05) is 13.7 Å². The van der Waals surface area contributed by atoms with E-state index in [2.05, 4.69) is 10.2 Å². The minimum atomic E-state index is -0.0499. The number of hydrogen-bond donors (Lipinski definition) is 1. The highest BCUT2D eigenvalue weighted by Crippen LogP contribution is 2.33. The number of H-pyrrole nitrogens is 1. The van der Waals surface area contributed by atoms with E-state index in [1.807, 2.05) is 41.3 Å². The summed E-state index contributed by atoms with van der Waals surface area (Å²) in [5, 5.41) is 7.16. The number of benzene rings is 1. The van der Waals surface area contributed by atoms with Crippen molar-refractivity contribution in [3.8, 4) is 17.0 Å². The van der Waals surface area contributed by atoms with Gasteiger partial charge in [0.2, 0.25) is 0 Å². The van der Waals surface area contributed by atoms with E-state index < -0.39 is 0 Å². The van der Waals surface area contributed by atoms with Crippen LogP contribution >= 0.6 is 0 Å². The lowest BCUT2D eigenvalue weighted by molar-refractivity contribution is 0.0714. The Morgan fingerprint density at radius 2 is 2.16 bits per heavy atom. The number of carbonyl (C=O) groups excluding carboxylic acids is 1. The van der Waals surface area contributed by atoms with Gasteiger partial charge in [-0.3, -0.25) is 9.89 Å². The zero-order valence-corrected chi connectivity index (χ0v) is 13.9. The van der Waals surface area contributed by atoms with Crippen LogP contribution in [0.3, 0.4) is 0 Å². The molecule has 1 aliphatic rings. The largest absolute Gasteiger partial charge is 0.497 e. The molecule has 0 bridgehead atoms. The summed E-state index contributed by atoms with van der Waals surface area (Å²) >= 11 is 0. The van der Waals surface area contributed by atoms with E-state index in [0.29, 0.717) is 5.69 Å². The van der Waals surface area contributed by atoms with Gasteiger partial charge < -0.3 is 14.1 Å². The van der Waals surface area contributed by atoms with Gasteiger partial charge in [-0.25, -0.2) is 0 Å². The molecular formula is C19H19N3O3. The number of aromatic nitrogens is 2. The lowest BCUT2D eigenvalue weighted by atomic mass is 10.1. The van der Waals surface area contributed by atoms with Crippen molar-refractivity contribution in [1.29, 1.82) is 0 Å². The molecule has 6 heteroatoms. The van der Waals surface area contributed by atoms with Gasteiger partial charge in [-0.1, -0.05) is 0 Å². The molecular weight excluding hydrogens is 318 g/mol. The number of nitrogens with zero attached hydrogens (tertiary/aromatic N) is 2. The molecule has 0 aliphatic carbocycles. The molecule has 3 aromatic rings. The number of amides is 1. The van der Waals surface area contributed by atoms with Gasteiger partial charge in [0.15, 0.2) is 0 Å². The molecule has 128 valence electrons. The van der Waals surface area contributed by atoms with Gasteiger partial charge in [0.25, 0.3) is 5.91 Å². The maximum absolute atomic E-state index is 12.9. The van der Waals surface area contributed by atoms with Crippen LogP contribution in [0.15, 0.2) is 53.1 Å². The van der Waals surface area contributed by atoms with Crippen LogP contribution in [0.4, 0.5) is 0 Å². The summed E-state index contributed by atoms with van der Waals surface area (Å²) < 4.78 is 10.7. The first kappa shape index (κ1) is 15.5. The summed E-state index contributed by atoms with van der Waals surface area (Å²) in [5.74, 6) is 1.57. The first-order chi connectivity index (χ1) is 12.3. The summed E-state index contributed by atoms with van der Waals surface area (Å²) in [5.41, 5.74) is 2.16. The van der Waals surface area contributed by atoms with Crippen LogP contribution in [-0.2, 0) is 0 Å². The molecule has 0 radical (unpaired) electrons. The lowest BCUT2D eigenvalue weighted by Gasteiger charge is -2.22. The van der Waals surface area contributed by atoms with Crippen molar-refractivity contribution in [3.63, 3.8) is 0 Å². The highest BCUT2D eigenvalue weighted by atomic mass is 16.5. The van der Waals surface area contributed by atoms with Crippen molar-refractivity contribution >= 4 is 5.91 Å². The fourth-order valence-electron chi connectivity index (χ4n) is 3.28. The van der Waals surface area contributed by atoms with Crippen molar-refractivity contribution in [3.05, 3.63) is 60.2 Å². The number of likely N-dealkylation sites (tertiary alicyclic amines) is 1.